The average Bonchev–Trinajstić information content (AvgIpc) is 2.28. The molecular weight excluding hydrogens is 224 g/mol. The molecule has 0 unspecified atom stereocenters. The second kappa shape index (κ2) is 5.40. The molecule has 0 bridgehead atoms. The molecule has 6 heteroatoms. The van der Waals surface area contributed by atoms with Crippen LogP contribution in [0.3, 0.4) is 0 Å². The van der Waals surface area contributed by atoms with Crippen molar-refractivity contribution in [3.63, 3.8) is 0 Å². The fraction of sp³-hybridized carbons (Fsp3) is 0.364. The van der Waals surface area contributed by atoms with E-state index in [1.54, 1.807) is 6.92 Å². The second-order valence-electron chi connectivity index (χ2n) is 3.71. The SMILES string of the molecule is Cc1ccc([N+](=O)[O-])cc1C(=O)N(C)CCO. The number of nitro benzene ring substituents is 1. The van der Waals surface area contributed by atoms with Gasteiger partial charge >= 0.3 is 0 Å². The molecule has 0 spiro atoms. The summed E-state index contributed by atoms with van der Waals surface area (Å²) in [6.07, 6.45) is 0. The number of likely N-dealkylation sites (N-methyl/N-ethyl adjacent to an activating group) is 1. The lowest BCUT2D eigenvalue weighted by molar-refractivity contribution is -0.384. The van der Waals surface area contributed by atoms with Crippen molar-refractivity contribution in [2.24, 2.45) is 0 Å². The van der Waals surface area contributed by atoms with E-state index in [1.165, 1.54) is 30.1 Å². The molecule has 17 heavy (non-hydrogen) atoms. The fourth-order valence-electron chi connectivity index (χ4n) is 1.41. The van der Waals surface area contributed by atoms with Crippen LogP contribution in [0.4, 0.5) is 5.69 Å². The highest BCUT2D eigenvalue weighted by atomic mass is 16.6. The van der Waals surface area contributed by atoms with Gasteiger partial charge in [0, 0.05) is 31.3 Å². The monoisotopic (exact) mass is 238 g/mol. The lowest BCUT2D eigenvalue weighted by Gasteiger charge is -2.16. The largest absolute Gasteiger partial charge is 0.395 e. The van der Waals surface area contributed by atoms with E-state index in [0.29, 0.717) is 5.56 Å². The van der Waals surface area contributed by atoms with Crippen molar-refractivity contribution in [3.8, 4) is 0 Å². The third-order valence-electron chi connectivity index (χ3n) is 2.44. The van der Waals surface area contributed by atoms with E-state index >= 15 is 0 Å². The van der Waals surface area contributed by atoms with Crippen LogP contribution in [0.15, 0.2) is 18.2 Å². The molecule has 0 radical (unpaired) electrons. The Morgan fingerprint density at radius 2 is 2.18 bits per heavy atom. The van der Waals surface area contributed by atoms with Gasteiger partial charge in [-0.15, -0.1) is 0 Å². The van der Waals surface area contributed by atoms with Crippen molar-refractivity contribution in [2.45, 2.75) is 6.92 Å². The van der Waals surface area contributed by atoms with Gasteiger partial charge in [-0.25, -0.2) is 0 Å². The number of hydrogen-bond donors (Lipinski definition) is 1. The minimum Gasteiger partial charge on any atom is -0.395 e. The highest BCUT2D eigenvalue weighted by Gasteiger charge is 2.17. The number of benzene rings is 1. The van der Waals surface area contributed by atoms with E-state index in [-0.39, 0.29) is 30.3 Å². The standard InChI is InChI=1S/C11H14N2O4/c1-8-3-4-9(13(16)17)7-10(8)11(15)12(2)5-6-14/h3-4,7,14H,5-6H2,1-2H3. The highest BCUT2D eigenvalue weighted by molar-refractivity contribution is 5.96. The number of carbonyl (C=O) groups is 1. The van der Waals surface area contributed by atoms with Crippen LogP contribution in [-0.4, -0.2) is 41.0 Å². The summed E-state index contributed by atoms with van der Waals surface area (Å²) in [7, 11) is 1.54. The summed E-state index contributed by atoms with van der Waals surface area (Å²) in [5, 5.41) is 19.4. The first-order valence-electron chi connectivity index (χ1n) is 5.08. The molecule has 0 aliphatic carbocycles. The normalized spacial score (nSPS) is 10.1. The van der Waals surface area contributed by atoms with Crippen molar-refractivity contribution in [1.82, 2.24) is 4.90 Å². The van der Waals surface area contributed by atoms with Crippen LogP contribution >= 0.6 is 0 Å². The Morgan fingerprint density at radius 3 is 2.71 bits per heavy atom. The predicted octanol–water partition coefficient (Wildman–Crippen LogP) is 0.968. The Hall–Kier alpha value is -1.95. The van der Waals surface area contributed by atoms with Gasteiger partial charge in [-0.2, -0.15) is 0 Å². The number of nitrogens with zero attached hydrogens (tertiary/aromatic N) is 2. The number of amides is 1. The predicted molar refractivity (Wildman–Crippen MR) is 61.9 cm³/mol. The first kappa shape index (κ1) is 13.1. The Balaban J connectivity index is 3.07. The molecule has 0 saturated carbocycles. The maximum Gasteiger partial charge on any atom is 0.270 e. The highest BCUT2D eigenvalue weighted by Crippen LogP contribution is 2.18. The number of carbonyl (C=O) groups excluding carboxylic acids is 1. The Bertz CT molecular complexity index is 445. The molecule has 0 atom stereocenters. The second-order valence-corrected chi connectivity index (χ2v) is 3.71. The molecule has 92 valence electrons. The lowest BCUT2D eigenvalue weighted by Crippen LogP contribution is -2.30. The zero-order chi connectivity index (χ0) is 13.0. The molecule has 0 heterocycles. The fourth-order valence-corrected chi connectivity index (χ4v) is 1.41. The third kappa shape index (κ3) is 3.01. The minimum absolute atomic E-state index is 0.114. The van der Waals surface area contributed by atoms with Crippen molar-refractivity contribution < 1.29 is 14.8 Å². The van der Waals surface area contributed by atoms with Crippen molar-refractivity contribution >= 4 is 11.6 Å². The van der Waals surface area contributed by atoms with Crippen molar-refractivity contribution in [2.75, 3.05) is 20.2 Å². The van der Waals surface area contributed by atoms with Crippen LogP contribution in [0.1, 0.15) is 15.9 Å². The van der Waals surface area contributed by atoms with Gasteiger partial charge in [0.15, 0.2) is 0 Å². The zero-order valence-corrected chi connectivity index (χ0v) is 9.71. The molecule has 0 aromatic heterocycles. The summed E-state index contributed by atoms with van der Waals surface area (Å²) in [4.78, 5) is 23.3. The number of hydrogen-bond acceptors (Lipinski definition) is 4. The van der Waals surface area contributed by atoms with E-state index in [0.717, 1.165) is 0 Å². The Kier molecular flexibility index (Phi) is 4.17. The van der Waals surface area contributed by atoms with E-state index in [9.17, 15) is 14.9 Å². The summed E-state index contributed by atoms with van der Waals surface area (Å²) in [5.41, 5.74) is 0.844. The van der Waals surface area contributed by atoms with Crippen molar-refractivity contribution in [3.05, 3.63) is 39.4 Å². The summed E-state index contributed by atoms with van der Waals surface area (Å²) in [6, 6.07) is 4.15. The molecule has 1 aromatic rings. The Morgan fingerprint density at radius 1 is 1.53 bits per heavy atom. The number of aryl methyl sites for hydroxylation is 1. The van der Waals surface area contributed by atoms with Crippen LogP contribution in [-0.2, 0) is 0 Å². The van der Waals surface area contributed by atoms with E-state index in [2.05, 4.69) is 0 Å². The average molecular weight is 238 g/mol. The van der Waals surface area contributed by atoms with E-state index in [1.807, 2.05) is 0 Å². The first-order valence-corrected chi connectivity index (χ1v) is 5.08. The lowest BCUT2D eigenvalue weighted by atomic mass is 10.1. The van der Waals surface area contributed by atoms with Gasteiger partial charge in [-0.1, -0.05) is 6.07 Å². The van der Waals surface area contributed by atoms with Crippen LogP contribution < -0.4 is 0 Å². The van der Waals surface area contributed by atoms with Crippen LogP contribution in [0.5, 0.6) is 0 Å². The molecule has 1 amide bonds. The summed E-state index contributed by atoms with van der Waals surface area (Å²) < 4.78 is 0. The van der Waals surface area contributed by atoms with Crippen LogP contribution in [0.2, 0.25) is 0 Å². The summed E-state index contributed by atoms with van der Waals surface area (Å²) >= 11 is 0. The van der Waals surface area contributed by atoms with Crippen molar-refractivity contribution in [1.29, 1.82) is 0 Å². The van der Waals surface area contributed by atoms with Gasteiger partial charge in [-0.05, 0) is 12.5 Å². The maximum absolute atomic E-state index is 11.9. The number of nitro groups is 1. The molecule has 0 aliphatic heterocycles. The van der Waals surface area contributed by atoms with Gasteiger partial charge in [-0.3, -0.25) is 14.9 Å². The molecule has 1 N–H and O–H groups in total. The third-order valence-corrected chi connectivity index (χ3v) is 2.44. The summed E-state index contributed by atoms with van der Waals surface area (Å²) in [5.74, 6) is -0.333. The molecule has 6 nitrogen and oxygen atoms in total. The topological polar surface area (TPSA) is 83.7 Å². The molecule has 0 fully saturated rings. The van der Waals surface area contributed by atoms with Gasteiger partial charge in [0.25, 0.3) is 11.6 Å². The quantitative estimate of drug-likeness (QED) is 0.625. The first-order chi connectivity index (χ1) is 7.97. The minimum atomic E-state index is -0.539. The number of non-ortho nitro benzene ring substituents is 1. The van der Waals surface area contributed by atoms with Gasteiger partial charge in [0.05, 0.1) is 11.5 Å². The van der Waals surface area contributed by atoms with E-state index < -0.39 is 4.92 Å². The van der Waals surface area contributed by atoms with Crippen LogP contribution in [0, 0.1) is 17.0 Å². The van der Waals surface area contributed by atoms with Gasteiger partial charge in [0.1, 0.15) is 0 Å². The molecular formula is C11H14N2O4. The summed E-state index contributed by atoms with van der Waals surface area (Å²) in [6.45, 7) is 1.76. The maximum atomic E-state index is 11.9. The molecule has 1 aromatic carbocycles. The number of aliphatic hydroxyl groups excluding tert-OH is 1. The molecule has 0 aliphatic rings. The molecule has 0 saturated heterocycles. The number of aliphatic hydroxyl groups is 1. The van der Waals surface area contributed by atoms with Crippen LogP contribution in [0.25, 0.3) is 0 Å². The number of rotatable bonds is 4. The van der Waals surface area contributed by atoms with Gasteiger partial charge < -0.3 is 10.0 Å². The van der Waals surface area contributed by atoms with Gasteiger partial charge in [0.2, 0.25) is 0 Å². The Labute approximate surface area is 98.6 Å². The smallest absolute Gasteiger partial charge is 0.270 e. The zero-order valence-electron chi connectivity index (χ0n) is 9.71. The molecule has 1 rings (SSSR count). The van der Waals surface area contributed by atoms with E-state index in [4.69, 9.17) is 5.11 Å².